The van der Waals surface area contributed by atoms with Gasteiger partial charge in [-0.2, -0.15) is 4.37 Å². The molecule has 0 spiro atoms. The fraction of sp³-hybridized carbons (Fsp3) is 0.333. The minimum absolute atomic E-state index is 0.114. The summed E-state index contributed by atoms with van der Waals surface area (Å²) in [5.74, 6) is -0.675. The van der Waals surface area contributed by atoms with E-state index >= 15 is 0 Å². The summed E-state index contributed by atoms with van der Waals surface area (Å²) in [5.41, 5.74) is 1.06. The van der Waals surface area contributed by atoms with Gasteiger partial charge in [0.05, 0.1) is 9.96 Å². The number of hydrogen-bond acceptors (Lipinski definition) is 4. The lowest BCUT2D eigenvalue weighted by Gasteiger charge is -1.92. The monoisotopic (exact) mass is 189 g/mol. The number of carboxylic acid groups (broad SMARTS) is 1. The average molecular weight is 189 g/mol. The minimum atomic E-state index is -0.789. The second-order valence-electron chi connectivity index (χ2n) is 1.98. The summed E-state index contributed by atoms with van der Waals surface area (Å²) in [6.45, 7) is 1.92. The fourth-order valence-corrected chi connectivity index (χ4v) is 2.10. The first-order valence-corrected chi connectivity index (χ1v) is 4.72. The van der Waals surface area contributed by atoms with Crippen LogP contribution in [0.4, 0.5) is 0 Å². The third-order valence-electron chi connectivity index (χ3n) is 1.03. The highest BCUT2D eigenvalue weighted by molar-refractivity contribution is 8.01. The molecule has 0 fully saturated rings. The van der Waals surface area contributed by atoms with Gasteiger partial charge in [0.2, 0.25) is 0 Å². The van der Waals surface area contributed by atoms with Crippen LogP contribution in [0.5, 0.6) is 0 Å². The second kappa shape index (κ2) is 3.73. The molecule has 1 aromatic rings. The van der Waals surface area contributed by atoms with Crippen molar-refractivity contribution in [3.8, 4) is 0 Å². The molecule has 1 aromatic heterocycles. The normalized spacial score (nSPS) is 9.91. The second-order valence-corrected chi connectivity index (χ2v) is 4.02. The SMILES string of the molecule is Cc1cnsc1SCC(=O)O. The van der Waals surface area contributed by atoms with Crippen molar-refractivity contribution < 1.29 is 9.90 Å². The van der Waals surface area contributed by atoms with Gasteiger partial charge in [0.15, 0.2) is 0 Å². The molecule has 11 heavy (non-hydrogen) atoms. The number of hydrogen-bond donors (Lipinski definition) is 1. The number of thioether (sulfide) groups is 1. The summed E-state index contributed by atoms with van der Waals surface area (Å²) >= 11 is 2.66. The zero-order valence-corrected chi connectivity index (χ0v) is 7.54. The van der Waals surface area contributed by atoms with E-state index in [2.05, 4.69) is 4.37 Å². The Morgan fingerprint density at radius 3 is 3.09 bits per heavy atom. The Hall–Kier alpha value is -0.550. The van der Waals surface area contributed by atoms with Gasteiger partial charge < -0.3 is 5.11 Å². The summed E-state index contributed by atoms with van der Waals surface area (Å²) < 4.78 is 4.92. The molecule has 0 aliphatic heterocycles. The Bertz CT molecular complexity index is 259. The molecule has 0 aromatic carbocycles. The van der Waals surface area contributed by atoms with Crippen LogP contribution in [0, 0.1) is 6.92 Å². The lowest BCUT2D eigenvalue weighted by Crippen LogP contribution is -1.96. The van der Waals surface area contributed by atoms with E-state index in [1.54, 1.807) is 6.20 Å². The maximum absolute atomic E-state index is 10.2. The third kappa shape index (κ3) is 2.51. The van der Waals surface area contributed by atoms with Gasteiger partial charge in [0.1, 0.15) is 0 Å². The summed E-state index contributed by atoms with van der Waals surface area (Å²) in [5, 5.41) is 8.37. The van der Waals surface area contributed by atoms with Gasteiger partial charge in [0.25, 0.3) is 0 Å². The standard InChI is InChI=1S/C6H7NO2S2/c1-4-2-7-11-6(4)10-3-5(8)9/h2H,3H2,1H3,(H,8,9). The van der Waals surface area contributed by atoms with E-state index in [0.717, 1.165) is 9.77 Å². The van der Waals surface area contributed by atoms with E-state index in [9.17, 15) is 4.79 Å². The molecule has 0 saturated carbocycles. The highest BCUT2D eigenvalue weighted by Crippen LogP contribution is 2.25. The predicted octanol–water partition coefficient (Wildman–Crippen LogP) is 1.63. The number of rotatable bonds is 3. The van der Waals surface area contributed by atoms with E-state index < -0.39 is 5.97 Å². The number of carbonyl (C=O) groups is 1. The quantitative estimate of drug-likeness (QED) is 0.734. The van der Waals surface area contributed by atoms with Crippen molar-refractivity contribution in [2.24, 2.45) is 0 Å². The molecule has 1 heterocycles. The molecule has 0 radical (unpaired) electrons. The molecule has 3 nitrogen and oxygen atoms in total. The van der Waals surface area contributed by atoms with Crippen molar-refractivity contribution >= 4 is 29.3 Å². The van der Waals surface area contributed by atoms with Crippen LogP contribution in [0.25, 0.3) is 0 Å². The first-order valence-electron chi connectivity index (χ1n) is 2.96. The van der Waals surface area contributed by atoms with Crippen LogP contribution in [0.2, 0.25) is 0 Å². The van der Waals surface area contributed by atoms with Crippen LogP contribution in [-0.2, 0) is 4.79 Å². The first kappa shape index (κ1) is 8.55. The van der Waals surface area contributed by atoms with E-state index in [-0.39, 0.29) is 5.75 Å². The molecule has 0 unspecified atom stereocenters. The summed E-state index contributed by atoms with van der Waals surface area (Å²) in [4.78, 5) is 10.2. The van der Waals surface area contributed by atoms with Crippen LogP contribution in [0.1, 0.15) is 5.56 Å². The van der Waals surface area contributed by atoms with Crippen molar-refractivity contribution in [2.75, 3.05) is 5.75 Å². The highest BCUT2D eigenvalue weighted by Gasteiger charge is 2.04. The Labute approximate surface area is 72.6 Å². The lowest BCUT2D eigenvalue weighted by atomic mass is 10.4. The minimum Gasteiger partial charge on any atom is -0.481 e. The molecule has 0 aliphatic carbocycles. The van der Waals surface area contributed by atoms with Gasteiger partial charge in [-0.3, -0.25) is 4.79 Å². The van der Waals surface area contributed by atoms with Gasteiger partial charge in [-0.05, 0) is 24.0 Å². The Balaban J connectivity index is 2.51. The molecule has 60 valence electrons. The molecule has 0 bridgehead atoms. The smallest absolute Gasteiger partial charge is 0.313 e. The average Bonchev–Trinajstić information content (AvgIpc) is 2.31. The van der Waals surface area contributed by atoms with E-state index in [0.29, 0.717) is 0 Å². The van der Waals surface area contributed by atoms with Crippen molar-refractivity contribution in [2.45, 2.75) is 11.1 Å². The number of nitrogens with zero attached hydrogens (tertiary/aromatic N) is 1. The maximum atomic E-state index is 10.2. The molecule has 1 N–H and O–H groups in total. The van der Waals surface area contributed by atoms with Crippen LogP contribution in [0.15, 0.2) is 10.4 Å². The van der Waals surface area contributed by atoms with Crippen LogP contribution >= 0.6 is 23.3 Å². The summed E-state index contributed by atoms with van der Waals surface area (Å²) in [7, 11) is 0. The van der Waals surface area contributed by atoms with Crippen LogP contribution < -0.4 is 0 Å². The highest BCUT2D eigenvalue weighted by atomic mass is 32.2. The first-order chi connectivity index (χ1) is 5.20. The zero-order chi connectivity index (χ0) is 8.27. The van der Waals surface area contributed by atoms with Gasteiger partial charge in [-0.1, -0.05) is 0 Å². The van der Waals surface area contributed by atoms with E-state index in [4.69, 9.17) is 5.11 Å². The molecular formula is C6H7NO2S2. The predicted molar refractivity (Wildman–Crippen MR) is 45.2 cm³/mol. The Kier molecular flexibility index (Phi) is 2.90. The third-order valence-corrected chi connectivity index (χ3v) is 3.28. The number of aliphatic carboxylic acids is 1. The molecule has 1 rings (SSSR count). The van der Waals surface area contributed by atoms with Crippen molar-refractivity contribution in [1.29, 1.82) is 0 Å². The van der Waals surface area contributed by atoms with Crippen molar-refractivity contribution in [1.82, 2.24) is 4.37 Å². The van der Waals surface area contributed by atoms with Gasteiger partial charge >= 0.3 is 5.97 Å². The molecule has 0 amide bonds. The summed E-state index contributed by atoms with van der Waals surface area (Å²) in [6.07, 6.45) is 1.74. The van der Waals surface area contributed by atoms with Gasteiger partial charge in [0, 0.05) is 6.20 Å². The molecule has 0 atom stereocenters. The fourth-order valence-electron chi connectivity index (χ4n) is 0.545. The number of carboxylic acids is 1. The van der Waals surface area contributed by atoms with Crippen molar-refractivity contribution in [3.05, 3.63) is 11.8 Å². The van der Waals surface area contributed by atoms with Crippen LogP contribution in [-0.4, -0.2) is 21.2 Å². The molecular weight excluding hydrogens is 182 g/mol. The van der Waals surface area contributed by atoms with Gasteiger partial charge in [-0.15, -0.1) is 11.8 Å². The largest absolute Gasteiger partial charge is 0.481 e. The number of aryl methyl sites for hydroxylation is 1. The Morgan fingerprint density at radius 1 is 1.91 bits per heavy atom. The zero-order valence-electron chi connectivity index (χ0n) is 5.90. The molecule has 0 aliphatic rings. The molecule has 0 saturated heterocycles. The Morgan fingerprint density at radius 2 is 2.64 bits per heavy atom. The van der Waals surface area contributed by atoms with E-state index in [1.807, 2.05) is 6.92 Å². The summed E-state index contributed by atoms with van der Waals surface area (Å²) in [6, 6.07) is 0. The topological polar surface area (TPSA) is 50.2 Å². The molecule has 5 heteroatoms. The number of aromatic nitrogens is 1. The lowest BCUT2D eigenvalue weighted by molar-refractivity contribution is -0.133. The maximum Gasteiger partial charge on any atom is 0.313 e. The van der Waals surface area contributed by atoms with E-state index in [1.165, 1.54) is 23.3 Å². The van der Waals surface area contributed by atoms with Gasteiger partial charge in [-0.25, -0.2) is 0 Å². The van der Waals surface area contributed by atoms with Crippen molar-refractivity contribution in [3.63, 3.8) is 0 Å². The van der Waals surface area contributed by atoms with Crippen LogP contribution in [0.3, 0.4) is 0 Å².